The second-order valence-electron chi connectivity index (χ2n) is 3.38. The molecule has 98 valence electrons. The van der Waals surface area contributed by atoms with Gasteiger partial charge in [-0.25, -0.2) is 4.79 Å². The quantitative estimate of drug-likeness (QED) is 0.543. The number of amides is 2. The molecule has 3 N–H and O–H groups in total. The van der Waals surface area contributed by atoms with Gasteiger partial charge in [-0.3, -0.25) is 9.59 Å². The third-order valence-electron chi connectivity index (χ3n) is 1.88. The van der Waals surface area contributed by atoms with E-state index in [-0.39, 0.29) is 12.6 Å². The molecule has 0 aliphatic carbocycles. The standard InChI is InChI=1S/C9H16N2O6/c1-6(17-2)3-10-9(16)11(4-7(12)13)5-8(14)15/h6H,3-5H2,1-2H3,(H,10,16)(H,12,13)(H,14,15). The van der Waals surface area contributed by atoms with E-state index in [1.54, 1.807) is 6.92 Å². The number of carbonyl (C=O) groups excluding carboxylic acids is 1. The molecule has 0 rings (SSSR count). The minimum absolute atomic E-state index is 0.172. The van der Waals surface area contributed by atoms with E-state index in [2.05, 4.69) is 5.32 Å². The number of ether oxygens (including phenoxy) is 1. The van der Waals surface area contributed by atoms with Gasteiger partial charge in [0.2, 0.25) is 0 Å². The predicted octanol–water partition coefficient (Wildman–Crippen LogP) is -0.798. The number of methoxy groups -OCH3 is 1. The van der Waals surface area contributed by atoms with Gasteiger partial charge >= 0.3 is 18.0 Å². The first-order valence-corrected chi connectivity index (χ1v) is 4.86. The van der Waals surface area contributed by atoms with Crippen LogP contribution < -0.4 is 5.32 Å². The average molecular weight is 248 g/mol. The summed E-state index contributed by atoms with van der Waals surface area (Å²) in [5.74, 6) is -2.55. The number of rotatable bonds is 7. The number of carbonyl (C=O) groups is 3. The van der Waals surface area contributed by atoms with E-state index in [0.29, 0.717) is 4.90 Å². The van der Waals surface area contributed by atoms with E-state index in [1.165, 1.54) is 7.11 Å². The van der Waals surface area contributed by atoms with E-state index in [1.807, 2.05) is 0 Å². The smallest absolute Gasteiger partial charge is 0.323 e. The molecule has 0 radical (unpaired) electrons. The van der Waals surface area contributed by atoms with Gasteiger partial charge in [-0.05, 0) is 6.92 Å². The van der Waals surface area contributed by atoms with Crippen molar-refractivity contribution in [2.24, 2.45) is 0 Å². The molecule has 0 saturated heterocycles. The number of hydrogen-bond donors (Lipinski definition) is 3. The minimum atomic E-state index is -1.28. The van der Waals surface area contributed by atoms with Gasteiger partial charge in [0.1, 0.15) is 13.1 Å². The lowest BCUT2D eigenvalue weighted by molar-refractivity contribution is -0.140. The Hall–Kier alpha value is -1.83. The van der Waals surface area contributed by atoms with Crippen LogP contribution in [0.3, 0.4) is 0 Å². The number of carboxylic acid groups (broad SMARTS) is 2. The topological polar surface area (TPSA) is 116 Å². The normalized spacial score (nSPS) is 11.6. The molecule has 0 spiro atoms. The maximum Gasteiger partial charge on any atom is 0.323 e. The lowest BCUT2D eigenvalue weighted by Crippen LogP contribution is -2.47. The maximum atomic E-state index is 11.5. The Kier molecular flexibility index (Phi) is 6.64. The van der Waals surface area contributed by atoms with Crippen LogP contribution in [0.15, 0.2) is 0 Å². The zero-order valence-electron chi connectivity index (χ0n) is 9.67. The van der Waals surface area contributed by atoms with E-state index in [0.717, 1.165) is 0 Å². The van der Waals surface area contributed by atoms with Crippen LogP contribution in [0.4, 0.5) is 4.79 Å². The summed E-state index contributed by atoms with van der Waals surface area (Å²) in [6.07, 6.45) is -0.240. The molecule has 2 amide bonds. The third-order valence-corrected chi connectivity index (χ3v) is 1.88. The van der Waals surface area contributed by atoms with Crippen molar-refractivity contribution in [2.45, 2.75) is 13.0 Å². The molecule has 0 heterocycles. The largest absolute Gasteiger partial charge is 0.480 e. The molecule has 0 aromatic rings. The van der Waals surface area contributed by atoms with Crippen molar-refractivity contribution in [1.82, 2.24) is 10.2 Å². The molecule has 0 fully saturated rings. The van der Waals surface area contributed by atoms with Crippen molar-refractivity contribution >= 4 is 18.0 Å². The number of carboxylic acids is 2. The van der Waals surface area contributed by atoms with Gasteiger partial charge in [-0.1, -0.05) is 0 Å². The van der Waals surface area contributed by atoms with E-state index in [4.69, 9.17) is 14.9 Å². The molecule has 1 unspecified atom stereocenters. The molecular weight excluding hydrogens is 232 g/mol. The highest BCUT2D eigenvalue weighted by Gasteiger charge is 2.19. The van der Waals surface area contributed by atoms with Crippen LogP contribution in [-0.4, -0.2) is 65.9 Å². The maximum absolute atomic E-state index is 11.5. The molecular formula is C9H16N2O6. The summed E-state index contributed by atoms with van der Waals surface area (Å²) in [4.78, 5) is 33.1. The monoisotopic (exact) mass is 248 g/mol. The van der Waals surface area contributed by atoms with Crippen LogP contribution in [0.2, 0.25) is 0 Å². The van der Waals surface area contributed by atoms with Crippen LogP contribution in [0.25, 0.3) is 0 Å². The number of nitrogens with zero attached hydrogens (tertiary/aromatic N) is 1. The zero-order chi connectivity index (χ0) is 13.4. The van der Waals surface area contributed by atoms with E-state index >= 15 is 0 Å². The van der Waals surface area contributed by atoms with Crippen molar-refractivity contribution in [3.63, 3.8) is 0 Å². The highest BCUT2D eigenvalue weighted by Crippen LogP contribution is 1.92. The first-order chi connectivity index (χ1) is 7.86. The lowest BCUT2D eigenvalue weighted by atomic mass is 10.4. The number of aliphatic carboxylic acids is 2. The van der Waals surface area contributed by atoms with E-state index < -0.39 is 31.1 Å². The summed E-state index contributed by atoms with van der Waals surface area (Å²) in [6.45, 7) is 0.545. The molecule has 1 atom stereocenters. The molecule has 8 heteroatoms. The van der Waals surface area contributed by atoms with Gasteiger partial charge in [-0.2, -0.15) is 0 Å². The first kappa shape index (κ1) is 15.2. The Labute approximate surface area is 98.2 Å². The number of urea groups is 1. The molecule has 0 aromatic heterocycles. The SMILES string of the molecule is COC(C)CNC(=O)N(CC(=O)O)CC(=O)O. The molecule has 0 bridgehead atoms. The van der Waals surface area contributed by atoms with Crippen molar-refractivity contribution in [3.8, 4) is 0 Å². The van der Waals surface area contributed by atoms with Crippen molar-refractivity contribution < 1.29 is 29.3 Å². The number of nitrogens with one attached hydrogen (secondary N) is 1. The molecule has 8 nitrogen and oxygen atoms in total. The van der Waals surface area contributed by atoms with Crippen molar-refractivity contribution in [3.05, 3.63) is 0 Å². The highest BCUT2D eigenvalue weighted by molar-refractivity contribution is 5.84. The second-order valence-corrected chi connectivity index (χ2v) is 3.38. The lowest BCUT2D eigenvalue weighted by Gasteiger charge is -2.20. The van der Waals surface area contributed by atoms with Gasteiger partial charge in [-0.15, -0.1) is 0 Å². The fraction of sp³-hybridized carbons (Fsp3) is 0.667. The Balaban J connectivity index is 4.31. The van der Waals surface area contributed by atoms with Crippen molar-refractivity contribution in [2.75, 3.05) is 26.7 Å². The summed E-state index contributed by atoms with van der Waals surface area (Å²) >= 11 is 0. The molecule has 0 saturated carbocycles. The second kappa shape index (κ2) is 7.44. The van der Waals surface area contributed by atoms with Crippen LogP contribution in [-0.2, 0) is 14.3 Å². The van der Waals surface area contributed by atoms with Gasteiger partial charge in [0, 0.05) is 13.7 Å². The molecule has 0 aromatic carbocycles. The third kappa shape index (κ3) is 7.12. The Morgan fingerprint density at radius 2 is 1.71 bits per heavy atom. The van der Waals surface area contributed by atoms with Crippen molar-refractivity contribution in [1.29, 1.82) is 0 Å². The highest BCUT2D eigenvalue weighted by atomic mass is 16.5. The van der Waals surface area contributed by atoms with Gasteiger partial charge in [0.15, 0.2) is 0 Å². The summed E-state index contributed by atoms with van der Waals surface area (Å²) in [5, 5.41) is 19.4. The molecule has 0 aliphatic rings. The van der Waals surface area contributed by atoms with Gasteiger partial charge in [0.25, 0.3) is 0 Å². The molecule has 0 aliphatic heterocycles. The Morgan fingerprint density at radius 3 is 2.06 bits per heavy atom. The van der Waals surface area contributed by atoms with Crippen LogP contribution >= 0.6 is 0 Å². The first-order valence-electron chi connectivity index (χ1n) is 4.86. The average Bonchev–Trinajstić information content (AvgIpc) is 2.23. The predicted molar refractivity (Wildman–Crippen MR) is 56.7 cm³/mol. The fourth-order valence-electron chi connectivity index (χ4n) is 0.952. The molecule has 17 heavy (non-hydrogen) atoms. The van der Waals surface area contributed by atoms with E-state index in [9.17, 15) is 14.4 Å². The van der Waals surface area contributed by atoms with Crippen LogP contribution in [0, 0.1) is 0 Å². The Bertz CT molecular complexity index is 277. The van der Waals surface area contributed by atoms with Crippen LogP contribution in [0.1, 0.15) is 6.92 Å². The Morgan fingerprint density at radius 1 is 1.24 bits per heavy atom. The fourth-order valence-corrected chi connectivity index (χ4v) is 0.952. The summed E-state index contributed by atoms with van der Waals surface area (Å²) in [5.41, 5.74) is 0. The summed E-state index contributed by atoms with van der Waals surface area (Å²) in [7, 11) is 1.46. The van der Waals surface area contributed by atoms with Gasteiger partial charge < -0.3 is 25.2 Å². The zero-order valence-corrected chi connectivity index (χ0v) is 9.67. The van der Waals surface area contributed by atoms with Gasteiger partial charge in [0.05, 0.1) is 6.10 Å². The minimum Gasteiger partial charge on any atom is -0.480 e. The summed E-state index contributed by atoms with van der Waals surface area (Å²) in [6, 6.07) is -0.751. The summed E-state index contributed by atoms with van der Waals surface area (Å²) < 4.78 is 4.88. The number of hydrogen-bond acceptors (Lipinski definition) is 4. The van der Waals surface area contributed by atoms with Crippen LogP contribution in [0.5, 0.6) is 0 Å².